The van der Waals surface area contributed by atoms with Crippen molar-refractivity contribution in [2.75, 3.05) is 0 Å². The van der Waals surface area contributed by atoms with Gasteiger partial charge in [0, 0.05) is 22.5 Å². The van der Waals surface area contributed by atoms with Crippen molar-refractivity contribution in [3.63, 3.8) is 0 Å². The van der Waals surface area contributed by atoms with Crippen LogP contribution in [0, 0.1) is 0 Å². The Balaban J connectivity index is 1.02. The van der Waals surface area contributed by atoms with Crippen LogP contribution in [0.5, 0.6) is 0 Å². The quantitative estimate of drug-likeness (QED) is 0.177. The van der Waals surface area contributed by atoms with Crippen molar-refractivity contribution >= 4 is 32.8 Å². The van der Waals surface area contributed by atoms with E-state index >= 15 is 0 Å². The highest BCUT2D eigenvalue weighted by molar-refractivity contribution is 6.05. The van der Waals surface area contributed by atoms with E-state index in [1.165, 1.54) is 33.0 Å². The maximum atomic E-state index is 5.07. The summed E-state index contributed by atoms with van der Waals surface area (Å²) in [6.07, 6.45) is 0. The average molecular weight is 665 g/mol. The number of imidazole rings is 2. The molecule has 10 rings (SSSR count). The van der Waals surface area contributed by atoms with Gasteiger partial charge in [-0.1, -0.05) is 146 Å². The molecule has 0 aliphatic heterocycles. The van der Waals surface area contributed by atoms with Gasteiger partial charge in [0.1, 0.15) is 11.6 Å². The number of para-hydroxylation sites is 6. The predicted octanol–water partition coefficient (Wildman–Crippen LogP) is 12.2. The molecule has 0 amide bonds. The van der Waals surface area contributed by atoms with Crippen molar-refractivity contribution in [3.05, 3.63) is 194 Å². The number of nitrogens with zero attached hydrogens (tertiary/aromatic N) is 4. The second-order valence-electron chi connectivity index (χ2n) is 13.1. The van der Waals surface area contributed by atoms with Gasteiger partial charge >= 0.3 is 0 Å². The van der Waals surface area contributed by atoms with E-state index < -0.39 is 0 Å². The van der Waals surface area contributed by atoms with Crippen LogP contribution in [0.4, 0.5) is 0 Å². The van der Waals surface area contributed by atoms with Gasteiger partial charge in [-0.15, -0.1) is 0 Å². The molecule has 0 aliphatic rings. The molecule has 0 saturated heterocycles. The van der Waals surface area contributed by atoms with Gasteiger partial charge in [0.05, 0.1) is 22.1 Å². The fraction of sp³-hybridized carbons (Fsp3) is 0. The summed E-state index contributed by atoms with van der Waals surface area (Å²) < 4.78 is 4.49. The molecule has 0 spiro atoms. The molecule has 0 bridgehead atoms. The maximum Gasteiger partial charge on any atom is 0.145 e. The smallest absolute Gasteiger partial charge is 0.145 e. The standard InChI is InChI=1S/C48H32N4/c1-3-13-37(14-4-1)51-45-21-11-9-19-43(45)49-47(51)35-27-23-33(24-28-35)39-31-32-40(42-18-8-7-17-41(39)42)34-25-29-36(30-26-34)48-50-44-20-10-12-22-46(44)52(48)38-15-5-2-6-16-38/h1-32H. The first-order valence-electron chi connectivity index (χ1n) is 17.6. The summed E-state index contributed by atoms with van der Waals surface area (Å²) in [5.41, 5.74) is 13.2. The largest absolute Gasteiger partial charge is 0.292 e. The van der Waals surface area contributed by atoms with Crippen LogP contribution in [0.2, 0.25) is 0 Å². The molecule has 0 saturated carbocycles. The van der Waals surface area contributed by atoms with Gasteiger partial charge in [-0.05, 0) is 81.6 Å². The number of aromatic nitrogens is 4. The highest BCUT2D eigenvalue weighted by Crippen LogP contribution is 2.38. The third kappa shape index (κ3) is 5.00. The van der Waals surface area contributed by atoms with Crippen LogP contribution in [0.3, 0.4) is 0 Å². The van der Waals surface area contributed by atoms with Crippen LogP contribution >= 0.6 is 0 Å². The first kappa shape index (κ1) is 29.8. The van der Waals surface area contributed by atoms with Crippen molar-refractivity contribution in [2.45, 2.75) is 0 Å². The lowest BCUT2D eigenvalue weighted by atomic mass is 9.91. The summed E-state index contributed by atoms with van der Waals surface area (Å²) >= 11 is 0. The maximum absolute atomic E-state index is 5.07. The summed E-state index contributed by atoms with van der Waals surface area (Å²) in [4.78, 5) is 10.1. The molecule has 0 N–H and O–H groups in total. The molecule has 0 unspecified atom stereocenters. The fourth-order valence-electron chi connectivity index (χ4n) is 7.52. The highest BCUT2D eigenvalue weighted by atomic mass is 15.1. The SMILES string of the molecule is c1ccc(-n2c(-c3ccc(-c4ccc(-c5ccc(-c6nc7ccccc7n6-c6ccccc6)cc5)c5ccccc45)cc3)nc3ccccc32)cc1. The van der Waals surface area contributed by atoms with E-state index in [0.29, 0.717) is 0 Å². The van der Waals surface area contributed by atoms with Gasteiger partial charge in [0.25, 0.3) is 0 Å². The molecule has 52 heavy (non-hydrogen) atoms. The minimum atomic E-state index is 0.932. The summed E-state index contributed by atoms with van der Waals surface area (Å²) in [6, 6.07) is 68.5. The summed E-state index contributed by atoms with van der Waals surface area (Å²) in [5, 5.41) is 2.44. The van der Waals surface area contributed by atoms with Crippen molar-refractivity contribution in [1.29, 1.82) is 0 Å². The zero-order valence-corrected chi connectivity index (χ0v) is 28.3. The third-order valence-corrected chi connectivity index (χ3v) is 9.98. The van der Waals surface area contributed by atoms with Crippen molar-refractivity contribution in [2.24, 2.45) is 0 Å². The average Bonchev–Trinajstić information content (AvgIpc) is 3.81. The van der Waals surface area contributed by atoms with Crippen LogP contribution in [-0.4, -0.2) is 19.1 Å². The first-order chi connectivity index (χ1) is 25.8. The van der Waals surface area contributed by atoms with Crippen LogP contribution < -0.4 is 0 Å². The Hall–Kier alpha value is -7.04. The number of hydrogen-bond donors (Lipinski definition) is 0. The zero-order chi connectivity index (χ0) is 34.4. The lowest BCUT2D eigenvalue weighted by Crippen LogP contribution is -1.97. The van der Waals surface area contributed by atoms with Gasteiger partial charge in [0.2, 0.25) is 0 Å². The second-order valence-corrected chi connectivity index (χ2v) is 13.1. The van der Waals surface area contributed by atoms with E-state index in [9.17, 15) is 0 Å². The van der Waals surface area contributed by atoms with E-state index in [4.69, 9.17) is 9.97 Å². The van der Waals surface area contributed by atoms with Crippen molar-refractivity contribution in [1.82, 2.24) is 19.1 Å². The molecule has 0 atom stereocenters. The molecule has 0 aliphatic carbocycles. The molecular formula is C48H32N4. The van der Waals surface area contributed by atoms with E-state index in [-0.39, 0.29) is 0 Å². The van der Waals surface area contributed by atoms with Gasteiger partial charge < -0.3 is 0 Å². The number of rotatable bonds is 6. The third-order valence-electron chi connectivity index (χ3n) is 9.98. The number of fused-ring (bicyclic) bond motifs is 3. The van der Waals surface area contributed by atoms with Gasteiger partial charge in [-0.3, -0.25) is 9.13 Å². The first-order valence-corrected chi connectivity index (χ1v) is 17.6. The summed E-state index contributed by atoms with van der Waals surface area (Å²) in [7, 11) is 0. The van der Waals surface area contributed by atoms with E-state index in [0.717, 1.165) is 56.2 Å². The van der Waals surface area contributed by atoms with Gasteiger partial charge in [-0.2, -0.15) is 0 Å². The van der Waals surface area contributed by atoms with E-state index in [1.54, 1.807) is 0 Å². The molecule has 0 radical (unpaired) electrons. The number of hydrogen-bond acceptors (Lipinski definition) is 2. The van der Waals surface area contributed by atoms with Gasteiger partial charge in [-0.25, -0.2) is 9.97 Å². The second kappa shape index (κ2) is 12.4. The lowest BCUT2D eigenvalue weighted by Gasteiger charge is -2.14. The molecule has 4 nitrogen and oxygen atoms in total. The van der Waals surface area contributed by atoms with Crippen molar-refractivity contribution < 1.29 is 0 Å². The van der Waals surface area contributed by atoms with E-state index in [2.05, 4.69) is 179 Å². The molecule has 2 heterocycles. The Bertz CT molecular complexity index is 2670. The topological polar surface area (TPSA) is 35.6 Å². The van der Waals surface area contributed by atoms with Crippen LogP contribution in [0.1, 0.15) is 0 Å². The fourth-order valence-corrected chi connectivity index (χ4v) is 7.52. The number of benzene rings is 8. The molecule has 4 heteroatoms. The molecular weight excluding hydrogens is 633 g/mol. The molecule has 0 fully saturated rings. The molecule has 2 aromatic heterocycles. The van der Waals surface area contributed by atoms with Crippen LogP contribution in [0.25, 0.3) is 89.2 Å². The van der Waals surface area contributed by atoms with Gasteiger partial charge in [0.15, 0.2) is 0 Å². The minimum absolute atomic E-state index is 0.932. The monoisotopic (exact) mass is 664 g/mol. The Morgan fingerprint density at radius 1 is 0.288 bits per heavy atom. The predicted molar refractivity (Wildman–Crippen MR) is 215 cm³/mol. The Labute approximate surface area is 301 Å². The lowest BCUT2D eigenvalue weighted by molar-refractivity contribution is 1.10. The Morgan fingerprint density at radius 2 is 0.635 bits per heavy atom. The van der Waals surface area contributed by atoms with Crippen molar-refractivity contribution in [3.8, 4) is 56.4 Å². The van der Waals surface area contributed by atoms with E-state index in [1.807, 2.05) is 24.3 Å². The van der Waals surface area contributed by atoms with Crippen LogP contribution in [-0.2, 0) is 0 Å². The zero-order valence-electron chi connectivity index (χ0n) is 28.3. The molecule has 10 aromatic rings. The molecule has 8 aromatic carbocycles. The van der Waals surface area contributed by atoms with Crippen LogP contribution in [0.15, 0.2) is 194 Å². The normalized spacial score (nSPS) is 11.5. The molecule has 244 valence electrons. The Morgan fingerprint density at radius 3 is 1.06 bits per heavy atom. The highest BCUT2D eigenvalue weighted by Gasteiger charge is 2.17. The summed E-state index contributed by atoms with van der Waals surface area (Å²) in [6.45, 7) is 0. The minimum Gasteiger partial charge on any atom is -0.292 e. The Kier molecular flexibility index (Phi) is 7.10. The summed E-state index contributed by atoms with van der Waals surface area (Å²) in [5.74, 6) is 1.86.